The van der Waals surface area contributed by atoms with E-state index in [4.69, 9.17) is 10.8 Å². The van der Waals surface area contributed by atoms with E-state index in [0.717, 1.165) is 12.3 Å². The Balaban J connectivity index is 2.26. The zero-order chi connectivity index (χ0) is 12.9. The average molecular weight is 241 g/mol. The van der Waals surface area contributed by atoms with Crippen molar-refractivity contribution in [1.82, 2.24) is 0 Å². The summed E-state index contributed by atoms with van der Waals surface area (Å²) in [4.78, 5) is 10.6. The molecule has 0 spiro atoms. The van der Waals surface area contributed by atoms with Crippen LogP contribution in [0.4, 0.5) is 0 Å². The molecule has 1 atom stereocenters. The van der Waals surface area contributed by atoms with Gasteiger partial charge >= 0.3 is 5.97 Å². The summed E-state index contributed by atoms with van der Waals surface area (Å²) in [7, 11) is 0. The third kappa shape index (κ3) is 6.06. The maximum atomic E-state index is 10.6. The number of rotatable bonds is 7. The molecule has 0 unspecified atom stereocenters. The van der Waals surface area contributed by atoms with Gasteiger partial charge in [-0.25, -0.2) is 0 Å². The molecule has 3 nitrogen and oxygen atoms in total. The van der Waals surface area contributed by atoms with Crippen LogP contribution in [-0.2, 0) is 4.79 Å². The van der Waals surface area contributed by atoms with Crippen LogP contribution in [0.1, 0.15) is 65.2 Å². The summed E-state index contributed by atoms with van der Waals surface area (Å²) < 4.78 is 0. The van der Waals surface area contributed by atoms with Crippen molar-refractivity contribution in [3.63, 3.8) is 0 Å². The number of carboxylic acid groups (broad SMARTS) is 1. The first kappa shape index (κ1) is 14.5. The van der Waals surface area contributed by atoms with Gasteiger partial charge in [0.15, 0.2) is 0 Å². The minimum atomic E-state index is -0.788. The third-order valence-electron chi connectivity index (χ3n) is 3.96. The molecule has 0 aromatic rings. The highest BCUT2D eigenvalue weighted by Gasteiger charge is 2.25. The molecular formula is C14H27NO2. The second kappa shape index (κ2) is 6.39. The van der Waals surface area contributed by atoms with Gasteiger partial charge < -0.3 is 10.8 Å². The van der Waals surface area contributed by atoms with Crippen LogP contribution in [0.5, 0.6) is 0 Å². The van der Waals surface area contributed by atoms with Gasteiger partial charge in [0, 0.05) is 6.04 Å². The van der Waals surface area contributed by atoms with Crippen LogP contribution < -0.4 is 5.73 Å². The van der Waals surface area contributed by atoms with Crippen molar-refractivity contribution in [3.05, 3.63) is 0 Å². The average Bonchev–Trinajstić information content (AvgIpc) is 2.64. The summed E-state index contributed by atoms with van der Waals surface area (Å²) >= 11 is 0. The zero-order valence-corrected chi connectivity index (χ0v) is 11.2. The Hall–Kier alpha value is -0.570. The molecule has 0 amide bonds. The number of nitrogens with two attached hydrogens (primary N) is 1. The Kier molecular flexibility index (Phi) is 5.44. The van der Waals surface area contributed by atoms with Crippen LogP contribution in [0.3, 0.4) is 0 Å². The summed E-state index contributed by atoms with van der Waals surface area (Å²) in [6.07, 6.45) is 8.92. The van der Waals surface area contributed by atoms with Crippen molar-refractivity contribution in [2.75, 3.05) is 0 Å². The minimum Gasteiger partial charge on any atom is -0.481 e. The Bertz CT molecular complexity index is 245. The van der Waals surface area contributed by atoms with Crippen molar-refractivity contribution in [2.45, 2.75) is 71.3 Å². The van der Waals surface area contributed by atoms with E-state index >= 15 is 0 Å². The molecule has 1 saturated carbocycles. The fourth-order valence-electron chi connectivity index (χ4n) is 3.00. The maximum Gasteiger partial charge on any atom is 0.304 e. The molecule has 1 rings (SSSR count). The van der Waals surface area contributed by atoms with Crippen LogP contribution in [0, 0.1) is 11.3 Å². The summed E-state index contributed by atoms with van der Waals surface area (Å²) in [5.74, 6) is 0.120. The van der Waals surface area contributed by atoms with Gasteiger partial charge in [0.05, 0.1) is 6.42 Å². The molecule has 0 aromatic carbocycles. The van der Waals surface area contributed by atoms with Gasteiger partial charge in [0.2, 0.25) is 0 Å². The van der Waals surface area contributed by atoms with Crippen LogP contribution in [-0.4, -0.2) is 17.1 Å². The van der Waals surface area contributed by atoms with E-state index in [1.165, 1.54) is 38.5 Å². The van der Waals surface area contributed by atoms with Gasteiger partial charge in [-0.2, -0.15) is 0 Å². The molecule has 0 aromatic heterocycles. The molecule has 1 aliphatic rings. The van der Waals surface area contributed by atoms with E-state index in [1.54, 1.807) is 0 Å². The fraction of sp³-hybridized carbons (Fsp3) is 0.929. The second-order valence-electron chi connectivity index (χ2n) is 6.42. The normalized spacial score (nSPS) is 19.5. The quantitative estimate of drug-likeness (QED) is 0.719. The molecule has 3 heteroatoms. The third-order valence-corrected chi connectivity index (χ3v) is 3.96. The Morgan fingerprint density at radius 1 is 1.41 bits per heavy atom. The smallest absolute Gasteiger partial charge is 0.304 e. The number of carboxylic acids is 1. The fourth-order valence-corrected chi connectivity index (χ4v) is 3.00. The van der Waals surface area contributed by atoms with Crippen LogP contribution in [0.2, 0.25) is 0 Å². The molecule has 0 heterocycles. The number of carbonyl (C=O) groups is 1. The van der Waals surface area contributed by atoms with Gasteiger partial charge in [-0.05, 0) is 30.6 Å². The Labute approximate surface area is 105 Å². The molecule has 17 heavy (non-hydrogen) atoms. The van der Waals surface area contributed by atoms with E-state index in [2.05, 4.69) is 13.8 Å². The first-order valence-corrected chi connectivity index (χ1v) is 6.86. The Morgan fingerprint density at radius 2 is 2.00 bits per heavy atom. The summed E-state index contributed by atoms with van der Waals surface area (Å²) in [6, 6.07) is -0.203. The molecule has 0 bridgehead atoms. The van der Waals surface area contributed by atoms with Crippen LogP contribution >= 0.6 is 0 Å². The topological polar surface area (TPSA) is 63.3 Å². The Morgan fingerprint density at radius 3 is 2.53 bits per heavy atom. The molecule has 3 N–H and O–H groups in total. The molecule has 100 valence electrons. The highest BCUT2D eigenvalue weighted by molar-refractivity contribution is 5.67. The first-order valence-electron chi connectivity index (χ1n) is 6.86. The van der Waals surface area contributed by atoms with E-state index in [0.29, 0.717) is 0 Å². The van der Waals surface area contributed by atoms with Gasteiger partial charge in [0.1, 0.15) is 0 Å². The monoisotopic (exact) mass is 241 g/mol. The number of aliphatic carboxylic acids is 1. The van der Waals surface area contributed by atoms with E-state index in [1.807, 2.05) is 0 Å². The standard InChI is InChI=1S/C14H27NO2/c1-14(2,10-12(15)9-13(16)17)8-7-11-5-3-4-6-11/h11-12H,3-10,15H2,1-2H3,(H,16,17)/t12-/m1/s1. The van der Waals surface area contributed by atoms with Crippen molar-refractivity contribution in [1.29, 1.82) is 0 Å². The predicted molar refractivity (Wildman–Crippen MR) is 69.8 cm³/mol. The van der Waals surface area contributed by atoms with Gasteiger partial charge in [-0.3, -0.25) is 4.79 Å². The lowest BCUT2D eigenvalue weighted by molar-refractivity contribution is -0.137. The summed E-state index contributed by atoms with van der Waals surface area (Å²) in [6.45, 7) is 4.42. The SMILES string of the molecule is CC(C)(CCC1CCCC1)C[C@H](N)CC(=O)O. The van der Waals surface area contributed by atoms with Crippen molar-refractivity contribution >= 4 is 5.97 Å². The second-order valence-corrected chi connectivity index (χ2v) is 6.42. The largest absolute Gasteiger partial charge is 0.481 e. The van der Waals surface area contributed by atoms with Crippen molar-refractivity contribution in [3.8, 4) is 0 Å². The van der Waals surface area contributed by atoms with Gasteiger partial charge in [-0.15, -0.1) is 0 Å². The zero-order valence-electron chi connectivity index (χ0n) is 11.2. The van der Waals surface area contributed by atoms with Crippen molar-refractivity contribution < 1.29 is 9.90 Å². The summed E-state index contributed by atoms with van der Waals surface area (Å²) in [5, 5.41) is 8.70. The van der Waals surface area contributed by atoms with E-state index in [-0.39, 0.29) is 17.9 Å². The number of hydrogen-bond donors (Lipinski definition) is 2. The number of hydrogen-bond acceptors (Lipinski definition) is 2. The highest BCUT2D eigenvalue weighted by atomic mass is 16.4. The van der Waals surface area contributed by atoms with Crippen LogP contribution in [0.25, 0.3) is 0 Å². The van der Waals surface area contributed by atoms with E-state index in [9.17, 15) is 4.79 Å². The maximum absolute atomic E-state index is 10.6. The highest BCUT2D eigenvalue weighted by Crippen LogP contribution is 2.35. The van der Waals surface area contributed by atoms with Gasteiger partial charge in [-0.1, -0.05) is 39.5 Å². The molecule has 0 aliphatic heterocycles. The molecule has 1 fully saturated rings. The van der Waals surface area contributed by atoms with Gasteiger partial charge in [0.25, 0.3) is 0 Å². The summed E-state index contributed by atoms with van der Waals surface area (Å²) in [5.41, 5.74) is 6.04. The van der Waals surface area contributed by atoms with E-state index < -0.39 is 5.97 Å². The lowest BCUT2D eigenvalue weighted by Crippen LogP contribution is -2.30. The van der Waals surface area contributed by atoms with Crippen LogP contribution in [0.15, 0.2) is 0 Å². The molecule has 1 aliphatic carbocycles. The predicted octanol–water partition coefficient (Wildman–Crippen LogP) is 3.18. The molecule has 0 saturated heterocycles. The lowest BCUT2D eigenvalue weighted by Gasteiger charge is -2.28. The minimum absolute atomic E-state index is 0.0901. The lowest BCUT2D eigenvalue weighted by atomic mass is 9.79. The first-order chi connectivity index (χ1) is 7.89. The van der Waals surface area contributed by atoms with Crippen molar-refractivity contribution in [2.24, 2.45) is 17.1 Å². The molecule has 0 radical (unpaired) electrons. The molecular weight excluding hydrogens is 214 g/mol.